The van der Waals surface area contributed by atoms with E-state index in [9.17, 15) is 4.79 Å². The minimum Gasteiger partial charge on any atom is -0.497 e. The number of aromatic nitrogens is 1. The Hall–Kier alpha value is -3.28. The van der Waals surface area contributed by atoms with Crippen molar-refractivity contribution in [2.45, 2.75) is 19.4 Å². The highest BCUT2D eigenvalue weighted by molar-refractivity contribution is 5.95. The fraction of sp³-hybridized carbons (Fsp3) is 0.238. The molecule has 0 N–H and O–H groups in total. The summed E-state index contributed by atoms with van der Waals surface area (Å²) in [6.45, 7) is 1.07. The van der Waals surface area contributed by atoms with Crippen molar-refractivity contribution in [1.82, 2.24) is 5.16 Å². The lowest BCUT2D eigenvalue weighted by Gasteiger charge is -2.15. The molecule has 138 valence electrons. The van der Waals surface area contributed by atoms with Gasteiger partial charge in [-0.05, 0) is 55.0 Å². The number of carbonyl (C=O) groups is 1. The number of amides is 1. The van der Waals surface area contributed by atoms with Gasteiger partial charge >= 0.3 is 0 Å². The van der Waals surface area contributed by atoms with E-state index in [1.807, 2.05) is 54.6 Å². The zero-order valence-corrected chi connectivity index (χ0v) is 15.1. The second-order valence-corrected chi connectivity index (χ2v) is 6.34. The third kappa shape index (κ3) is 3.79. The highest BCUT2D eigenvalue weighted by atomic mass is 16.5. The van der Waals surface area contributed by atoms with Gasteiger partial charge in [0.15, 0.2) is 5.76 Å². The molecule has 6 heteroatoms. The van der Waals surface area contributed by atoms with Crippen molar-refractivity contribution < 1.29 is 18.8 Å². The van der Waals surface area contributed by atoms with Crippen molar-refractivity contribution in [1.29, 1.82) is 0 Å². The first kappa shape index (κ1) is 17.1. The molecule has 0 unspecified atom stereocenters. The van der Waals surface area contributed by atoms with Gasteiger partial charge in [-0.2, -0.15) is 0 Å². The molecule has 0 atom stereocenters. The standard InChI is InChI=1S/C21H20N2O4/c1-25-17-8-4-15(5-9-17)20-13-19(27-22-20)14-26-18-10-6-16(7-11-18)23-12-2-3-21(23)24/h4-11,13H,2-3,12,14H2,1H3. The number of nitrogens with zero attached hydrogens (tertiary/aromatic N) is 2. The molecule has 27 heavy (non-hydrogen) atoms. The zero-order chi connectivity index (χ0) is 18.6. The molecular weight excluding hydrogens is 344 g/mol. The van der Waals surface area contributed by atoms with Crippen LogP contribution in [0.4, 0.5) is 5.69 Å². The molecule has 3 aromatic rings. The second kappa shape index (κ2) is 7.53. The fourth-order valence-corrected chi connectivity index (χ4v) is 3.08. The lowest BCUT2D eigenvalue weighted by molar-refractivity contribution is -0.117. The van der Waals surface area contributed by atoms with Crippen LogP contribution in [-0.2, 0) is 11.4 Å². The van der Waals surface area contributed by atoms with Gasteiger partial charge in [-0.1, -0.05) is 5.16 Å². The van der Waals surface area contributed by atoms with Crippen LogP contribution in [0.1, 0.15) is 18.6 Å². The minimum absolute atomic E-state index is 0.177. The molecule has 2 aromatic carbocycles. The molecule has 0 saturated carbocycles. The summed E-state index contributed by atoms with van der Waals surface area (Å²) in [5.41, 5.74) is 2.61. The van der Waals surface area contributed by atoms with Crippen LogP contribution in [0, 0.1) is 0 Å². The number of methoxy groups -OCH3 is 1. The summed E-state index contributed by atoms with van der Waals surface area (Å²) in [7, 11) is 1.64. The molecular formula is C21H20N2O4. The van der Waals surface area contributed by atoms with Crippen molar-refractivity contribution in [3.8, 4) is 22.8 Å². The molecule has 0 spiro atoms. The Balaban J connectivity index is 1.37. The van der Waals surface area contributed by atoms with E-state index in [2.05, 4.69) is 5.16 Å². The Kier molecular flexibility index (Phi) is 4.78. The highest BCUT2D eigenvalue weighted by Crippen LogP contribution is 2.25. The third-order valence-corrected chi connectivity index (χ3v) is 4.55. The predicted molar refractivity (Wildman–Crippen MR) is 101 cm³/mol. The van der Waals surface area contributed by atoms with E-state index in [1.165, 1.54) is 0 Å². The van der Waals surface area contributed by atoms with E-state index >= 15 is 0 Å². The maximum absolute atomic E-state index is 11.8. The topological polar surface area (TPSA) is 64.8 Å². The molecule has 0 bridgehead atoms. The van der Waals surface area contributed by atoms with Crippen LogP contribution in [0.25, 0.3) is 11.3 Å². The van der Waals surface area contributed by atoms with Crippen molar-refractivity contribution in [3.63, 3.8) is 0 Å². The number of anilines is 1. The normalized spacial score (nSPS) is 13.8. The van der Waals surface area contributed by atoms with E-state index in [0.717, 1.165) is 35.7 Å². The summed E-state index contributed by atoms with van der Waals surface area (Å²) >= 11 is 0. The van der Waals surface area contributed by atoms with E-state index in [4.69, 9.17) is 14.0 Å². The summed E-state index contributed by atoms with van der Waals surface area (Å²) in [6.07, 6.45) is 1.54. The van der Waals surface area contributed by atoms with E-state index in [0.29, 0.717) is 17.9 Å². The van der Waals surface area contributed by atoms with Crippen molar-refractivity contribution in [3.05, 3.63) is 60.4 Å². The SMILES string of the molecule is COc1ccc(-c2cc(COc3ccc(N4CCCC4=O)cc3)on2)cc1. The molecule has 0 aliphatic carbocycles. The molecule has 1 amide bonds. The van der Waals surface area contributed by atoms with Gasteiger partial charge in [0.1, 0.15) is 23.8 Å². The summed E-state index contributed by atoms with van der Waals surface area (Å²) in [6, 6.07) is 17.0. The molecule has 1 aliphatic heterocycles. The molecule has 1 aromatic heterocycles. The van der Waals surface area contributed by atoms with Crippen LogP contribution >= 0.6 is 0 Å². The van der Waals surface area contributed by atoms with E-state index in [-0.39, 0.29) is 12.5 Å². The number of carbonyl (C=O) groups excluding carboxylic acids is 1. The fourth-order valence-electron chi connectivity index (χ4n) is 3.08. The number of hydrogen-bond donors (Lipinski definition) is 0. The second-order valence-electron chi connectivity index (χ2n) is 6.34. The third-order valence-electron chi connectivity index (χ3n) is 4.55. The molecule has 6 nitrogen and oxygen atoms in total. The lowest BCUT2D eigenvalue weighted by atomic mass is 10.1. The predicted octanol–water partition coefficient (Wildman–Crippen LogP) is 4.06. The summed E-state index contributed by atoms with van der Waals surface area (Å²) < 4.78 is 16.3. The van der Waals surface area contributed by atoms with Crippen molar-refractivity contribution in [2.75, 3.05) is 18.6 Å². The Bertz CT molecular complexity index is 916. The summed E-state index contributed by atoms with van der Waals surface area (Å²) in [4.78, 5) is 13.6. The molecule has 1 saturated heterocycles. The van der Waals surface area contributed by atoms with Gasteiger partial charge in [0.25, 0.3) is 0 Å². The first-order chi connectivity index (χ1) is 13.2. The van der Waals surface area contributed by atoms with Gasteiger partial charge in [0, 0.05) is 30.3 Å². The number of hydrogen-bond acceptors (Lipinski definition) is 5. The van der Waals surface area contributed by atoms with Crippen molar-refractivity contribution >= 4 is 11.6 Å². The Labute approximate surface area is 157 Å². The average molecular weight is 364 g/mol. The first-order valence-corrected chi connectivity index (χ1v) is 8.86. The largest absolute Gasteiger partial charge is 0.497 e. The van der Waals surface area contributed by atoms with Crippen molar-refractivity contribution in [2.24, 2.45) is 0 Å². The quantitative estimate of drug-likeness (QED) is 0.660. The van der Waals surface area contributed by atoms with Crippen LogP contribution in [-0.4, -0.2) is 24.7 Å². The van der Waals surface area contributed by atoms with Crippen LogP contribution < -0.4 is 14.4 Å². The van der Waals surface area contributed by atoms with Crippen LogP contribution in [0.5, 0.6) is 11.5 Å². The van der Waals surface area contributed by atoms with Crippen LogP contribution in [0.3, 0.4) is 0 Å². The average Bonchev–Trinajstić information content (AvgIpc) is 3.36. The Morgan fingerprint density at radius 1 is 1.07 bits per heavy atom. The molecule has 1 fully saturated rings. The maximum atomic E-state index is 11.8. The first-order valence-electron chi connectivity index (χ1n) is 8.86. The van der Waals surface area contributed by atoms with E-state index in [1.54, 1.807) is 12.0 Å². The van der Waals surface area contributed by atoms with Gasteiger partial charge in [-0.25, -0.2) is 0 Å². The van der Waals surface area contributed by atoms with E-state index < -0.39 is 0 Å². The van der Waals surface area contributed by atoms with Crippen LogP contribution in [0.2, 0.25) is 0 Å². The maximum Gasteiger partial charge on any atom is 0.227 e. The van der Waals surface area contributed by atoms with Gasteiger partial charge < -0.3 is 18.9 Å². The molecule has 1 aliphatic rings. The summed E-state index contributed by atoms with van der Waals surface area (Å²) in [5.74, 6) is 2.33. The number of rotatable bonds is 6. The molecule has 4 rings (SSSR count). The number of ether oxygens (including phenoxy) is 2. The van der Waals surface area contributed by atoms with Gasteiger partial charge in [0.05, 0.1) is 7.11 Å². The smallest absolute Gasteiger partial charge is 0.227 e. The Morgan fingerprint density at radius 3 is 2.48 bits per heavy atom. The molecule has 2 heterocycles. The van der Waals surface area contributed by atoms with Gasteiger partial charge in [-0.3, -0.25) is 4.79 Å². The molecule has 0 radical (unpaired) electrons. The van der Waals surface area contributed by atoms with Gasteiger partial charge in [-0.15, -0.1) is 0 Å². The monoisotopic (exact) mass is 364 g/mol. The minimum atomic E-state index is 0.177. The highest BCUT2D eigenvalue weighted by Gasteiger charge is 2.21. The zero-order valence-electron chi connectivity index (χ0n) is 15.1. The van der Waals surface area contributed by atoms with Gasteiger partial charge in [0.2, 0.25) is 5.91 Å². The summed E-state index contributed by atoms with van der Waals surface area (Å²) in [5, 5.41) is 4.09. The van der Waals surface area contributed by atoms with Crippen LogP contribution in [0.15, 0.2) is 59.1 Å². The lowest BCUT2D eigenvalue weighted by Crippen LogP contribution is -2.23. The Morgan fingerprint density at radius 2 is 1.81 bits per heavy atom. The number of benzene rings is 2.